The van der Waals surface area contributed by atoms with Crippen LogP contribution in [-0.2, 0) is 0 Å². The lowest BCUT2D eigenvalue weighted by atomic mass is 10.0. The summed E-state index contributed by atoms with van der Waals surface area (Å²) in [6, 6.07) is 3.53. The molecule has 1 aromatic carbocycles. The number of aromatic nitrogens is 2. The van der Waals surface area contributed by atoms with Crippen molar-refractivity contribution in [3.8, 4) is 17.2 Å². The first-order valence-corrected chi connectivity index (χ1v) is 8.85. The van der Waals surface area contributed by atoms with Gasteiger partial charge in [0.05, 0.1) is 18.3 Å². The third-order valence-corrected chi connectivity index (χ3v) is 4.06. The van der Waals surface area contributed by atoms with E-state index in [1.165, 1.54) is 6.20 Å². The fourth-order valence-electron chi connectivity index (χ4n) is 2.39. The average Bonchev–Trinajstić information content (AvgIpc) is 2.57. The quantitative estimate of drug-likeness (QED) is 0.590. The van der Waals surface area contributed by atoms with Crippen LogP contribution in [0.15, 0.2) is 18.3 Å². The number of benzene rings is 1. The van der Waals surface area contributed by atoms with Crippen LogP contribution < -0.4 is 20.5 Å². The highest BCUT2D eigenvalue weighted by Crippen LogP contribution is 2.39. The van der Waals surface area contributed by atoms with Crippen LogP contribution in [0.1, 0.15) is 45.1 Å². The van der Waals surface area contributed by atoms with Gasteiger partial charge in [-0.3, -0.25) is 0 Å². The highest BCUT2D eigenvalue weighted by atomic mass is 35.5. The highest BCUT2D eigenvalue weighted by Gasteiger charge is 2.16. The molecule has 0 aliphatic carbocycles. The number of nitrogens with one attached hydrogen (secondary N) is 1. The molecule has 0 amide bonds. The van der Waals surface area contributed by atoms with Gasteiger partial charge in [0.15, 0.2) is 11.6 Å². The molecule has 0 aliphatic rings. The first-order chi connectivity index (χ1) is 12.3. The van der Waals surface area contributed by atoms with E-state index < -0.39 is 6.23 Å². The molecule has 142 valence electrons. The van der Waals surface area contributed by atoms with E-state index >= 15 is 0 Å². The van der Waals surface area contributed by atoms with E-state index in [4.69, 9.17) is 26.8 Å². The van der Waals surface area contributed by atoms with Crippen molar-refractivity contribution in [1.29, 1.82) is 0 Å². The third-order valence-electron chi connectivity index (χ3n) is 3.77. The van der Waals surface area contributed by atoms with Gasteiger partial charge >= 0.3 is 0 Å². The zero-order valence-corrected chi connectivity index (χ0v) is 16.2. The number of hydrogen-bond acceptors (Lipinski definition) is 7. The van der Waals surface area contributed by atoms with Crippen LogP contribution >= 0.6 is 11.6 Å². The van der Waals surface area contributed by atoms with E-state index in [1.807, 2.05) is 26.8 Å². The Morgan fingerprint density at radius 2 is 2.00 bits per heavy atom. The van der Waals surface area contributed by atoms with Crippen LogP contribution in [0, 0.1) is 0 Å². The number of aliphatic hydroxyl groups excluding tert-OH is 1. The van der Waals surface area contributed by atoms with Crippen LogP contribution in [-0.4, -0.2) is 28.4 Å². The molecular formula is C18H25ClN4O3. The second-order valence-electron chi connectivity index (χ2n) is 6.17. The van der Waals surface area contributed by atoms with Gasteiger partial charge in [0.1, 0.15) is 17.7 Å². The number of methoxy groups -OCH3 is 1. The molecule has 8 heteroatoms. The Morgan fingerprint density at radius 1 is 1.27 bits per heavy atom. The zero-order chi connectivity index (χ0) is 19.3. The van der Waals surface area contributed by atoms with Gasteiger partial charge in [-0.2, -0.15) is 4.98 Å². The molecule has 1 aromatic heterocycles. The lowest BCUT2D eigenvalue weighted by Crippen LogP contribution is -2.20. The Morgan fingerprint density at radius 3 is 2.58 bits per heavy atom. The van der Waals surface area contributed by atoms with Gasteiger partial charge < -0.3 is 25.6 Å². The van der Waals surface area contributed by atoms with Crippen molar-refractivity contribution >= 4 is 23.4 Å². The molecule has 0 aliphatic heterocycles. The minimum atomic E-state index is -0.723. The molecule has 1 unspecified atom stereocenters. The predicted octanol–water partition coefficient (Wildman–Crippen LogP) is 4.17. The van der Waals surface area contributed by atoms with Gasteiger partial charge in [-0.25, -0.2) is 4.98 Å². The Hall–Kier alpha value is -2.25. The van der Waals surface area contributed by atoms with Crippen molar-refractivity contribution in [2.45, 2.75) is 45.8 Å². The number of nitrogen functional groups attached to an aromatic ring is 1. The summed E-state index contributed by atoms with van der Waals surface area (Å²) < 4.78 is 11.2. The van der Waals surface area contributed by atoms with E-state index in [1.54, 1.807) is 13.2 Å². The van der Waals surface area contributed by atoms with Crippen molar-refractivity contribution in [3.05, 3.63) is 28.9 Å². The summed E-state index contributed by atoms with van der Waals surface area (Å²) in [6.07, 6.45) is 2.16. The molecule has 0 saturated heterocycles. The Kier molecular flexibility index (Phi) is 6.88. The minimum Gasteiger partial charge on any atom is -0.495 e. The number of ether oxygens (including phenoxy) is 2. The lowest BCUT2D eigenvalue weighted by Gasteiger charge is -2.17. The molecule has 26 heavy (non-hydrogen) atoms. The largest absolute Gasteiger partial charge is 0.495 e. The van der Waals surface area contributed by atoms with E-state index in [0.29, 0.717) is 28.7 Å². The number of halogens is 1. The van der Waals surface area contributed by atoms with Crippen LogP contribution in [0.3, 0.4) is 0 Å². The maximum atomic E-state index is 9.79. The third kappa shape index (κ3) is 4.89. The topological polar surface area (TPSA) is 103 Å². The Labute approximate surface area is 158 Å². The average molecular weight is 381 g/mol. The van der Waals surface area contributed by atoms with Crippen molar-refractivity contribution in [2.75, 3.05) is 18.2 Å². The first-order valence-electron chi connectivity index (χ1n) is 8.48. The molecule has 2 aromatic rings. The summed E-state index contributed by atoms with van der Waals surface area (Å²) in [5, 5.41) is 13.0. The molecule has 2 rings (SSSR count). The maximum absolute atomic E-state index is 9.79. The summed E-state index contributed by atoms with van der Waals surface area (Å²) in [5.74, 6) is 2.04. The predicted molar refractivity (Wildman–Crippen MR) is 103 cm³/mol. The lowest BCUT2D eigenvalue weighted by molar-refractivity contribution is 0.191. The molecule has 1 heterocycles. The number of hydrogen-bond donors (Lipinski definition) is 3. The molecule has 0 saturated carbocycles. The molecule has 1 atom stereocenters. The fourth-order valence-corrected chi connectivity index (χ4v) is 2.62. The monoisotopic (exact) mass is 380 g/mol. The van der Waals surface area contributed by atoms with Gasteiger partial charge in [0, 0.05) is 11.6 Å². The van der Waals surface area contributed by atoms with Crippen molar-refractivity contribution in [1.82, 2.24) is 9.97 Å². The summed E-state index contributed by atoms with van der Waals surface area (Å²) in [7, 11) is 1.57. The van der Waals surface area contributed by atoms with Crippen LogP contribution in [0.5, 0.6) is 17.2 Å². The molecule has 0 spiro atoms. The zero-order valence-electron chi connectivity index (χ0n) is 15.4. The van der Waals surface area contributed by atoms with E-state index in [-0.39, 0.29) is 17.7 Å². The van der Waals surface area contributed by atoms with E-state index in [2.05, 4.69) is 15.3 Å². The number of nitrogens with two attached hydrogens (primary N) is 1. The van der Waals surface area contributed by atoms with Gasteiger partial charge in [-0.05, 0) is 18.4 Å². The maximum Gasteiger partial charge on any atom is 0.226 e. The first kappa shape index (κ1) is 20.1. The van der Waals surface area contributed by atoms with Crippen LogP contribution in [0.2, 0.25) is 5.02 Å². The van der Waals surface area contributed by atoms with Gasteiger partial charge in [-0.15, -0.1) is 0 Å². The molecule has 0 fully saturated rings. The van der Waals surface area contributed by atoms with Gasteiger partial charge in [0.2, 0.25) is 5.95 Å². The van der Waals surface area contributed by atoms with E-state index in [9.17, 15) is 5.11 Å². The normalized spacial score (nSPS) is 12.1. The van der Waals surface area contributed by atoms with E-state index in [0.717, 1.165) is 12.0 Å². The number of anilines is 2. The van der Waals surface area contributed by atoms with Crippen molar-refractivity contribution in [2.24, 2.45) is 0 Å². The van der Waals surface area contributed by atoms with Gasteiger partial charge in [0.25, 0.3) is 0 Å². The van der Waals surface area contributed by atoms with Crippen LogP contribution in [0.25, 0.3) is 0 Å². The molecule has 0 radical (unpaired) electrons. The minimum absolute atomic E-state index is 0.160. The molecule has 0 bridgehead atoms. The SMILES string of the molecule is CCCC(O)Nc1ncc(Oc2cc(Cl)c(OC)cc2C(C)C)c(N)n1. The van der Waals surface area contributed by atoms with Crippen molar-refractivity contribution in [3.63, 3.8) is 0 Å². The van der Waals surface area contributed by atoms with Crippen LogP contribution in [0.4, 0.5) is 11.8 Å². The summed E-state index contributed by atoms with van der Waals surface area (Å²) in [4.78, 5) is 8.28. The number of nitrogens with zero attached hydrogens (tertiary/aromatic N) is 2. The molecule has 4 N–H and O–H groups in total. The second kappa shape index (κ2) is 8.91. The number of rotatable bonds is 8. The standard InChI is InChI=1S/C18H25ClN4O3/c1-5-6-16(24)22-18-21-9-15(17(20)23-18)26-13-8-12(19)14(25-4)7-11(13)10(2)3/h7-10,16,24H,5-6H2,1-4H3,(H3,20,21,22,23). The second-order valence-corrected chi connectivity index (χ2v) is 6.58. The van der Waals surface area contributed by atoms with Gasteiger partial charge in [-0.1, -0.05) is 38.8 Å². The summed E-state index contributed by atoms with van der Waals surface area (Å²) in [5.41, 5.74) is 6.91. The summed E-state index contributed by atoms with van der Waals surface area (Å²) in [6.45, 7) is 6.05. The fraction of sp³-hybridized carbons (Fsp3) is 0.444. The highest BCUT2D eigenvalue weighted by molar-refractivity contribution is 6.32. The Bertz CT molecular complexity index is 755. The Balaban J connectivity index is 2.27. The van der Waals surface area contributed by atoms with Crippen molar-refractivity contribution < 1.29 is 14.6 Å². The molecule has 7 nitrogen and oxygen atoms in total. The number of aliphatic hydroxyl groups is 1. The summed E-state index contributed by atoms with van der Waals surface area (Å²) >= 11 is 6.22. The molecular weight excluding hydrogens is 356 g/mol. The smallest absolute Gasteiger partial charge is 0.226 e.